The van der Waals surface area contributed by atoms with Crippen LogP contribution in [0.5, 0.6) is 0 Å². The van der Waals surface area contributed by atoms with Gasteiger partial charge < -0.3 is 13.8 Å². The van der Waals surface area contributed by atoms with Crippen LogP contribution in [0.1, 0.15) is 13.8 Å². The zero-order chi connectivity index (χ0) is 9.95. The molecule has 0 aromatic heterocycles. The molecular formula is C7H14ClO4P. The average molecular weight is 229 g/mol. The fraction of sp³-hybridized carbons (Fsp3) is 1.00. The Morgan fingerprint density at radius 2 is 2.00 bits per heavy atom. The molecule has 6 heteroatoms. The van der Waals surface area contributed by atoms with Crippen LogP contribution in [0.15, 0.2) is 0 Å². The maximum absolute atomic E-state index is 11.9. The van der Waals surface area contributed by atoms with Gasteiger partial charge in [-0.15, -0.1) is 11.6 Å². The minimum Gasteiger partial charge on any atom is -0.362 e. The lowest BCUT2D eigenvalue weighted by Crippen LogP contribution is -2.25. The molecule has 0 bridgehead atoms. The maximum atomic E-state index is 11.9. The van der Waals surface area contributed by atoms with Gasteiger partial charge >= 0.3 is 7.60 Å². The Bertz CT molecular complexity index is 209. The molecule has 1 heterocycles. The first kappa shape index (κ1) is 11.5. The summed E-state index contributed by atoms with van der Waals surface area (Å²) >= 11 is 5.46. The van der Waals surface area contributed by atoms with Crippen LogP contribution in [-0.2, 0) is 18.3 Å². The molecule has 0 unspecified atom stereocenters. The second-order valence-corrected chi connectivity index (χ2v) is 6.11. The van der Waals surface area contributed by atoms with E-state index in [4.69, 9.17) is 25.4 Å². The lowest BCUT2D eigenvalue weighted by atomic mass is 10.5. The zero-order valence-corrected chi connectivity index (χ0v) is 9.44. The van der Waals surface area contributed by atoms with Gasteiger partial charge in [0.2, 0.25) is 0 Å². The molecule has 1 rings (SSSR count). The third kappa shape index (κ3) is 2.45. The summed E-state index contributed by atoms with van der Waals surface area (Å²) in [4.78, 5) is 0. The van der Waals surface area contributed by atoms with E-state index in [1.165, 1.54) is 0 Å². The van der Waals surface area contributed by atoms with E-state index in [-0.39, 0.29) is 0 Å². The summed E-state index contributed by atoms with van der Waals surface area (Å²) < 4.78 is 27.4. The lowest BCUT2D eigenvalue weighted by molar-refractivity contribution is 0.0341. The molecule has 0 spiro atoms. The summed E-state index contributed by atoms with van der Waals surface area (Å²) in [5, 5.41) is -0.904. The Morgan fingerprint density at radius 3 is 2.46 bits per heavy atom. The Balaban J connectivity index is 2.61. The summed E-state index contributed by atoms with van der Waals surface area (Å²) in [5.41, 5.74) is 0. The van der Waals surface area contributed by atoms with Crippen molar-refractivity contribution in [3.8, 4) is 0 Å². The molecule has 1 aliphatic rings. The van der Waals surface area contributed by atoms with Crippen LogP contribution in [0.3, 0.4) is 0 Å². The molecule has 1 saturated heterocycles. The minimum absolute atomic E-state index is 0.339. The van der Waals surface area contributed by atoms with E-state index in [1.54, 1.807) is 13.8 Å². The fourth-order valence-corrected chi connectivity index (χ4v) is 2.68. The predicted molar refractivity (Wildman–Crippen MR) is 50.3 cm³/mol. The van der Waals surface area contributed by atoms with Gasteiger partial charge in [-0.3, -0.25) is 4.57 Å². The van der Waals surface area contributed by atoms with Crippen LogP contribution in [0.4, 0.5) is 0 Å². The van der Waals surface area contributed by atoms with Crippen molar-refractivity contribution in [2.45, 2.75) is 19.2 Å². The van der Waals surface area contributed by atoms with Crippen LogP contribution in [0, 0.1) is 0 Å². The number of hydrogen-bond donors (Lipinski definition) is 0. The van der Waals surface area contributed by atoms with Gasteiger partial charge in [-0.05, 0) is 13.8 Å². The number of rotatable bonds is 4. The van der Waals surface area contributed by atoms with Crippen molar-refractivity contribution < 1.29 is 18.3 Å². The highest BCUT2D eigenvalue weighted by atomic mass is 35.5. The molecule has 13 heavy (non-hydrogen) atoms. The van der Waals surface area contributed by atoms with Crippen LogP contribution in [0.2, 0.25) is 0 Å². The summed E-state index contributed by atoms with van der Waals surface area (Å²) in [7, 11) is -3.08. The molecule has 78 valence electrons. The average Bonchev–Trinajstić information content (AvgIpc) is 2.50. The predicted octanol–water partition coefficient (Wildman–Crippen LogP) is 2.22. The number of alkyl halides is 1. The van der Waals surface area contributed by atoms with E-state index >= 15 is 0 Å². The molecule has 0 saturated carbocycles. The van der Waals surface area contributed by atoms with Gasteiger partial charge in [0.25, 0.3) is 0 Å². The zero-order valence-electron chi connectivity index (χ0n) is 7.79. The number of hydrogen-bond acceptors (Lipinski definition) is 4. The number of ether oxygens (including phenoxy) is 1. The monoisotopic (exact) mass is 228 g/mol. The van der Waals surface area contributed by atoms with Crippen molar-refractivity contribution in [3.05, 3.63) is 0 Å². The van der Waals surface area contributed by atoms with Gasteiger partial charge in [-0.1, -0.05) is 0 Å². The minimum atomic E-state index is -3.08. The molecule has 0 radical (unpaired) electrons. The first-order chi connectivity index (χ1) is 6.02. The van der Waals surface area contributed by atoms with Crippen molar-refractivity contribution in [1.29, 1.82) is 0 Å². The number of halogens is 1. The van der Waals surface area contributed by atoms with E-state index < -0.39 is 12.9 Å². The van der Waals surface area contributed by atoms with E-state index in [1.807, 2.05) is 0 Å². The van der Waals surface area contributed by atoms with Crippen molar-refractivity contribution in [2.24, 2.45) is 0 Å². The van der Waals surface area contributed by atoms with E-state index in [9.17, 15) is 4.57 Å². The van der Waals surface area contributed by atoms with Gasteiger partial charge in [0, 0.05) is 5.88 Å². The molecule has 0 aliphatic carbocycles. The van der Waals surface area contributed by atoms with Crippen LogP contribution < -0.4 is 0 Å². The van der Waals surface area contributed by atoms with Crippen molar-refractivity contribution in [2.75, 3.05) is 25.7 Å². The standard InChI is InChI=1S/C7H14ClO4P/c1-7(2,10-4-3-8)13(9)11-5-6-12-13/h3-6H2,1-2H3. The van der Waals surface area contributed by atoms with E-state index in [2.05, 4.69) is 0 Å². The largest absolute Gasteiger partial charge is 0.362 e. The van der Waals surface area contributed by atoms with Crippen molar-refractivity contribution in [3.63, 3.8) is 0 Å². The molecular weight excluding hydrogens is 214 g/mol. The van der Waals surface area contributed by atoms with Crippen LogP contribution in [0.25, 0.3) is 0 Å². The third-order valence-corrected chi connectivity index (χ3v) is 4.45. The Hall–Kier alpha value is 0.400. The highest BCUT2D eigenvalue weighted by Gasteiger charge is 2.47. The topological polar surface area (TPSA) is 44.8 Å². The molecule has 0 N–H and O–H groups in total. The highest BCUT2D eigenvalue weighted by molar-refractivity contribution is 7.55. The molecule has 0 atom stereocenters. The van der Waals surface area contributed by atoms with Gasteiger partial charge in [0.1, 0.15) is 0 Å². The van der Waals surface area contributed by atoms with Crippen LogP contribution >= 0.6 is 19.2 Å². The Kier molecular flexibility index (Phi) is 3.78. The van der Waals surface area contributed by atoms with E-state index in [0.717, 1.165) is 0 Å². The second kappa shape index (κ2) is 4.28. The van der Waals surface area contributed by atoms with E-state index in [0.29, 0.717) is 25.7 Å². The smallest absolute Gasteiger partial charge is 0.361 e. The second-order valence-electron chi connectivity index (χ2n) is 3.15. The van der Waals surface area contributed by atoms with Gasteiger partial charge in [0.15, 0.2) is 5.34 Å². The fourth-order valence-electron chi connectivity index (χ4n) is 1.03. The van der Waals surface area contributed by atoms with Crippen molar-refractivity contribution >= 4 is 19.2 Å². The van der Waals surface area contributed by atoms with Crippen molar-refractivity contribution in [1.82, 2.24) is 0 Å². The maximum Gasteiger partial charge on any atom is 0.361 e. The molecule has 0 amide bonds. The molecule has 0 aromatic rings. The van der Waals surface area contributed by atoms with Gasteiger partial charge in [-0.2, -0.15) is 0 Å². The molecule has 0 aromatic carbocycles. The SMILES string of the molecule is CC(C)(OCCCl)P1(=O)OCCO1. The Morgan fingerprint density at radius 1 is 1.46 bits per heavy atom. The highest BCUT2D eigenvalue weighted by Crippen LogP contribution is 2.62. The first-order valence-corrected chi connectivity index (χ1v) is 6.19. The van der Waals surface area contributed by atoms with Gasteiger partial charge in [-0.25, -0.2) is 0 Å². The Labute approximate surface area is 83.0 Å². The summed E-state index contributed by atoms with van der Waals surface area (Å²) in [5.74, 6) is 0.365. The third-order valence-electron chi connectivity index (χ3n) is 1.80. The molecule has 1 fully saturated rings. The lowest BCUT2D eigenvalue weighted by Gasteiger charge is -2.28. The normalized spacial score (nSPS) is 22.1. The quantitative estimate of drug-likeness (QED) is 0.547. The molecule has 1 aliphatic heterocycles. The summed E-state index contributed by atoms with van der Waals surface area (Å²) in [6.07, 6.45) is 0. The molecule has 4 nitrogen and oxygen atoms in total. The van der Waals surface area contributed by atoms with Gasteiger partial charge in [0.05, 0.1) is 19.8 Å². The first-order valence-electron chi connectivity index (χ1n) is 4.11. The summed E-state index contributed by atoms with van der Waals surface area (Å²) in [6.45, 7) is 4.44. The van der Waals surface area contributed by atoms with Crippen LogP contribution in [-0.4, -0.2) is 31.0 Å². The summed E-state index contributed by atoms with van der Waals surface area (Å²) in [6, 6.07) is 0.